The molecule has 2 heterocycles. The third-order valence-corrected chi connectivity index (χ3v) is 7.82. The Morgan fingerprint density at radius 3 is 2.63 bits per heavy atom. The van der Waals surface area contributed by atoms with E-state index in [0.717, 1.165) is 21.8 Å². The monoisotopic (exact) mass is 376 g/mol. The first-order valence-electron chi connectivity index (χ1n) is 5.12. The van der Waals surface area contributed by atoms with Gasteiger partial charge in [0, 0.05) is 9.35 Å². The van der Waals surface area contributed by atoms with E-state index in [1.807, 2.05) is 19.9 Å². The highest BCUT2D eigenvalue weighted by atomic mass is 79.9. The fourth-order valence-electron chi connectivity index (χ4n) is 1.47. The summed E-state index contributed by atoms with van der Waals surface area (Å²) in [6.45, 7) is 3.67. The summed E-state index contributed by atoms with van der Waals surface area (Å²) < 4.78 is 27.7. The molecular weight excluding hydrogens is 368 g/mol. The fraction of sp³-hybridized carbons (Fsp3) is 0.182. The Kier molecular flexibility index (Phi) is 4.01. The molecular formula is C11H9BrN2O2S3. The van der Waals surface area contributed by atoms with Crippen LogP contribution in [0.1, 0.15) is 16.0 Å². The van der Waals surface area contributed by atoms with Crippen molar-refractivity contribution in [3.63, 3.8) is 0 Å². The zero-order valence-electron chi connectivity index (χ0n) is 10.0. The van der Waals surface area contributed by atoms with Gasteiger partial charge in [-0.25, -0.2) is 8.42 Å². The van der Waals surface area contributed by atoms with Crippen molar-refractivity contribution in [3.8, 4) is 6.07 Å². The lowest BCUT2D eigenvalue weighted by Gasteiger charge is -2.05. The molecule has 0 fully saturated rings. The van der Waals surface area contributed by atoms with Gasteiger partial charge in [0.25, 0.3) is 10.0 Å². The van der Waals surface area contributed by atoms with Crippen molar-refractivity contribution < 1.29 is 8.42 Å². The van der Waals surface area contributed by atoms with Crippen LogP contribution in [0.4, 0.5) is 5.00 Å². The van der Waals surface area contributed by atoms with Crippen LogP contribution in [-0.2, 0) is 10.0 Å². The first-order chi connectivity index (χ1) is 8.86. The predicted octanol–water partition coefficient (Wildman–Crippen LogP) is 3.86. The van der Waals surface area contributed by atoms with Gasteiger partial charge in [-0.3, -0.25) is 4.72 Å². The van der Waals surface area contributed by atoms with Crippen molar-refractivity contribution in [2.75, 3.05) is 4.72 Å². The van der Waals surface area contributed by atoms with Crippen molar-refractivity contribution in [1.29, 1.82) is 5.26 Å². The first kappa shape index (κ1) is 14.5. The van der Waals surface area contributed by atoms with Crippen LogP contribution in [0.25, 0.3) is 0 Å². The van der Waals surface area contributed by atoms with Crippen molar-refractivity contribution in [3.05, 3.63) is 31.9 Å². The number of nitrogens with one attached hydrogen (secondary N) is 1. The van der Waals surface area contributed by atoms with Gasteiger partial charge in [-0.2, -0.15) is 5.26 Å². The van der Waals surface area contributed by atoms with Gasteiger partial charge in [0.15, 0.2) is 4.21 Å². The van der Waals surface area contributed by atoms with Crippen LogP contribution in [0.5, 0.6) is 0 Å². The number of hydrogen-bond acceptors (Lipinski definition) is 5. The second-order valence-electron chi connectivity index (χ2n) is 3.76. The van der Waals surface area contributed by atoms with Gasteiger partial charge in [-0.15, -0.1) is 22.7 Å². The first-order valence-corrected chi connectivity index (χ1v) is 9.10. The summed E-state index contributed by atoms with van der Waals surface area (Å²) in [4.78, 5) is 0.930. The molecule has 0 spiro atoms. The number of rotatable bonds is 3. The van der Waals surface area contributed by atoms with Crippen LogP contribution in [-0.4, -0.2) is 8.42 Å². The second kappa shape index (κ2) is 5.25. The van der Waals surface area contributed by atoms with Crippen molar-refractivity contribution in [1.82, 2.24) is 0 Å². The number of nitriles is 1. The quantitative estimate of drug-likeness (QED) is 0.883. The lowest BCUT2D eigenvalue weighted by atomic mass is 10.2. The molecule has 0 bridgehead atoms. The number of halogens is 1. The Morgan fingerprint density at radius 2 is 2.11 bits per heavy atom. The van der Waals surface area contributed by atoms with E-state index in [1.54, 1.807) is 11.4 Å². The number of thiophene rings is 2. The highest BCUT2D eigenvalue weighted by Gasteiger charge is 2.23. The van der Waals surface area contributed by atoms with Crippen LogP contribution in [0.2, 0.25) is 0 Å². The SMILES string of the molecule is Cc1sc(NS(=O)(=O)c2sccc2Br)c(C#N)c1C. The molecule has 2 rings (SSSR count). The van der Waals surface area contributed by atoms with Gasteiger partial charge >= 0.3 is 0 Å². The largest absolute Gasteiger partial charge is 0.273 e. The van der Waals surface area contributed by atoms with Crippen LogP contribution in [0.15, 0.2) is 20.1 Å². The van der Waals surface area contributed by atoms with Crippen LogP contribution >= 0.6 is 38.6 Å². The Balaban J connectivity index is 2.46. The molecule has 0 aromatic carbocycles. The van der Waals surface area contributed by atoms with E-state index >= 15 is 0 Å². The number of hydrogen-bond donors (Lipinski definition) is 1. The summed E-state index contributed by atoms with van der Waals surface area (Å²) >= 11 is 5.60. The third kappa shape index (κ3) is 2.69. The maximum absolute atomic E-state index is 12.2. The number of nitrogens with zero attached hydrogens (tertiary/aromatic N) is 1. The minimum absolute atomic E-state index is 0.208. The maximum Gasteiger partial charge on any atom is 0.273 e. The predicted molar refractivity (Wildman–Crippen MR) is 81.3 cm³/mol. The highest BCUT2D eigenvalue weighted by molar-refractivity contribution is 9.10. The highest BCUT2D eigenvalue weighted by Crippen LogP contribution is 2.35. The molecule has 2 aromatic rings. The Hall–Kier alpha value is -0.880. The molecule has 0 amide bonds. The lowest BCUT2D eigenvalue weighted by Crippen LogP contribution is -2.11. The normalized spacial score (nSPS) is 11.3. The average Bonchev–Trinajstić information content (AvgIpc) is 2.85. The number of sulfonamides is 1. The molecule has 0 saturated heterocycles. The number of anilines is 1. The average molecular weight is 377 g/mol. The molecule has 4 nitrogen and oxygen atoms in total. The summed E-state index contributed by atoms with van der Waals surface area (Å²) in [6, 6.07) is 3.72. The van der Waals surface area contributed by atoms with E-state index in [4.69, 9.17) is 5.26 Å². The minimum atomic E-state index is -3.66. The summed E-state index contributed by atoms with van der Waals surface area (Å²) in [5.74, 6) is 0. The lowest BCUT2D eigenvalue weighted by molar-refractivity contribution is 0.603. The van der Waals surface area contributed by atoms with Gasteiger partial charge in [0.2, 0.25) is 0 Å². The van der Waals surface area contributed by atoms with E-state index in [9.17, 15) is 8.42 Å². The molecule has 19 heavy (non-hydrogen) atoms. The molecule has 0 atom stereocenters. The molecule has 0 radical (unpaired) electrons. The molecule has 0 aliphatic rings. The third-order valence-electron chi connectivity index (χ3n) is 2.55. The molecule has 0 aliphatic heterocycles. The summed E-state index contributed by atoms with van der Waals surface area (Å²) in [6.07, 6.45) is 0. The van der Waals surface area contributed by atoms with Gasteiger partial charge in [-0.05, 0) is 46.8 Å². The van der Waals surface area contributed by atoms with Gasteiger partial charge in [0.1, 0.15) is 11.1 Å². The Morgan fingerprint density at radius 1 is 1.42 bits per heavy atom. The van der Waals surface area contributed by atoms with Crippen molar-refractivity contribution in [2.24, 2.45) is 0 Å². The summed E-state index contributed by atoms with van der Waals surface area (Å²) in [7, 11) is -3.66. The topological polar surface area (TPSA) is 70.0 Å². The molecule has 100 valence electrons. The summed E-state index contributed by atoms with van der Waals surface area (Å²) in [5, 5.41) is 11.2. The minimum Gasteiger partial charge on any atom is -0.269 e. The number of aryl methyl sites for hydroxylation is 1. The van der Waals surface area contributed by atoms with E-state index in [-0.39, 0.29) is 4.21 Å². The fourth-order valence-corrected chi connectivity index (χ4v) is 6.13. The molecule has 0 aliphatic carbocycles. The Labute approximate surface area is 127 Å². The van der Waals surface area contributed by atoms with Crippen LogP contribution in [0.3, 0.4) is 0 Å². The molecule has 1 N–H and O–H groups in total. The van der Waals surface area contributed by atoms with Crippen molar-refractivity contribution >= 4 is 53.6 Å². The summed E-state index contributed by atoms with van der Waals surface area (Å²) in [5.41, 5.74) is 1.20. The standard InChI is InChI=1S/C11H9BrN2O2S3/c1-6-7(2)18-10(8(6)5-13)14-19(15,16)11-9(12)3-4-17-11/h3-4,14H,1-2H3. The van der Waals surface area contributed by atoms with Gasteiger partial charge < -0.3 is 0 Å². The molecule has 0 saturated carbocycles. The van der Waals surface area contributed by atoms with E-state index < -0.39 is 10.0 Å². The van der Waals surface area contributed by atoms with Crippen molar-refractivity contribution in [2.45, 2.75) is 18.1 Å². The zero-order valence-corrected chi connectivity index (χ0v) is 14.1. The van der Waals surface area contributed by atoms with Crippen LogP contribution < -0.4 is 4.72 Å². The smallest absolute Gasteiger partial charge is 0.269 e. The Bertz CT molecular complexity index is 768. The maximum atomic E-state index is 12.2. The van der Waals surface area contributed by atoms with Gasteiger partial charge in [0.05, 0.1) is 5.56 Å². The van der Waals surface area contributed by atoms with E-state index in [1.165, 1.54) is 11.3 Å². The second-order valence-corrected chi connectivity index (χ2v) is 8.63. The molecule has 2 aromatic heterocycles. The van der Waals surface area contributed by atoms with Crippen LogP contribution in [0, 0.1) is 25.2 Å². The molecule has 8 heteroatoms. The van der Waals surface area contributed by atoms with E-state index in [2.05, 4.69) is 20.7 Å². The van der Waals surface area contributed by atoms with Gasteiger partial charge in [-0.1, -0.05) is 0 Å². The molecule has 0 unspecified atom stereocenters. The van der Waals surface area contributed by atoms with E-state index in [0.29, 0.717) is 15.0 Å². The zero-order chi connectivity index (χ0) is 14.2.